The fourth-order valence-corrected chi connectivity index (χ4v) is 2.76. The Labute approximate surface area is 127 Å². The third-order valence-electron chi connectivity index (χ3n) is 2.65. The average Bonchev–Trinajstić information content (AvgIpc) is 2.36. The number of halogens is 2. The molecule has 0 atom stereocenters. The lowest BCUT2D eigenvalue weighted by Crippen LogP contribution is -2.34. The first-order chi connectivity index (χ1) is 8.97. The number of nitrogens with zero attached hydrogens (tertiary/aromatic N) is 2. The van der Waals surface area contributed by atoms with Crippen molar-refractivity contribution in [3.8, 4) is 0 Å². The van der Waals surface area contributed by atoms with E-state index in [1.807, 2.05) is 12.1 Å². The Balaban J connectivity index is 2.13. The number of hydrogen-bond donors (Lipinski definition) is 1. The van der Waals surface area contributed by atoms with E-state index in [1.165, 1.54) is 5.01 Å². The van der Waals surface area contributed by atoms with Gasteiger partial charge in [0.05, 0.1) is 5.69 Å². The highest BCUT2D eigenvalue weighted by Gasteiger charge is 2.22. The zero-order valence-corrected chi connectivity index (χ0v) is 13.3. The van der Waals surface area contributed by atoms with Gasteiger partial charge in [-0.05, 0) is 34.1 Å². The molecule has 0 saturated carbocycles. The standard InChI is InChI=1S/C12H11Br2N3O2/c1-17-11(18)5-4-10(16-17)12(19)15-9-3-2-7(13)6-8(9)14/h2-3,6H,4-5H2,1H3,(H,15,19). The highest BCUT2D eigenvalue weighted by molar-refractivity contribution is 9.11. The first kappa shape index (κ1) is 14.2. The van der Waals surface area contributed by atoms with E-state index < -0.39 is 0 Å². The van der Waals surface area contributed by atoms with Gasteiger partial charge in [-0.3, -0.25) is 9.59 Å². The summed E-state index contributed by atoms with van der Waals surface area (Å²) in [5, 5.41) is 7.94. The number of amides is 2. The topological polar surface area (TPSA) is 61.8 Å². The van der Waals surface area contributed by atoms with Crippen LogP contribution in [-0.2, 0) is 9.59 Å². The van der Waals surface area contributed by atoms with Gasteiger partial charge in [0.15, 0.2) is 0 Å². The van der Waals surface area contributed by atoms with Crippen molar-refractivity contribution in [2.45, 2.75) is 12.8 Å². The van der Waals surface area contributed by atoms with Crippen LogP contribution in [0.2, 0.25) is 0 Å². The maximum absolute atomic E-state index is 12.0. The molecule has 5 nitrogen and oxygen atoms in total. The molecule has 7 heteroatoms. The number of nitrogens with one attached hydrogen (secondary N) is 1. The number of rotatable bonds is 2. The predicted molar refractivity (Wildman–Crippen MR) is 79.9 cm³/mol. The Morgan fingerprint density at radius 1 is 1.37 bits per heavy atom. The largest absolute Gasteiger partial charge is 0.320 e. The molecule has 0 saturated heterocycles. The smallest absolute Gasteiger partial charge is 0.271 e. The van der Waals surface area contributed by atoms with Gasteiger partial charge in [-0.15, -0.1) is 0 Å². The van der Waals surface area contributed by atoms with Crippen LogP contribution < -0.4 is 5.32 Å². The number of carbonyl (C=O) groups is 2. The second kappa shape index (κ2) is 5.83. The minimum atomic E-state index is -0.289. The molecule has 2 rings (SSSR count). The summed E-state index contributed by atoms with van der Waals surface area (Å²) in [6.45, 7) is 0. The molecule has 1 aliphatic rings. The van der Waals surface area contributed by atoms with Crippen molar-refractivity contribution < 1.29 is 9.59 Å². The van der Waals surface area contributed by atoms with Gasteiger partial charge < -0.3 is 5.32 Å². The van der Waals surface area contributed by atoms with Crippen LogP contribution >= 0.6 is 31.9 Å². The van der Waals surface area contributed by atoms with E-state index in [9.17, 15) is 9.59 Å². The lowest BCUT2D eigenvalue weighted by Gasteiger charge is -2.19. The predicted octanol–water partition coefficient (Wildman–Crippen LogP) is 2.76. The number of hydrazone groups is 1. The fourth-order valence-electron chi connectivity index (χ4n) is 1.62. The molecule has 1 aromatic carbocycles. The van der Waals surface area contributed by atoms with Crippen LogP contribution in [0.25, 0.3) is 0 Å². The van der Waals surface area contributed by atoms with Gasteiger partial charge >= 0.3 is 0 Å². The summed E-state index contributed by atoms with van der Waals surface area (Å²) in [5.74, 6) is -0.372. The zero-order valence-electron chi connectivity index (χ0n) is 10.1. The normalized spacial score (nSPS) is 15.2. The highest BCUT2D eigenvalue weighted by atomic mass is 79.9. The first-order valence-corrected chi connectivity index (χ1v) is 7.16. The van der Waals surface area contributed by atoms with E-state index in [2.05, 4.69) is 42.3 Å². The molecular formula is C12H11Br2N3O2. The second-order valence-electron chi connectivity index (χ2n) is 4.04. The maximum atomic E-state index is 12.0. The van der Waals surface area contributed by atoms with Gasteiger partial charge in [0, 0.05) is 28.8 Å². The third kappa shape index (κ3) is 3.42. The first-order valence-electron chi connectivity index (χ1n) is 5.58. The number of benzene rings is 1. The molecule has 1 aromatic rings. The molecular weight excluding hydrogens is 378 g/mol. The van der Waals surface area contributed by atoms with Crippen LogP contribution in [0, 0.1) is 0 Å². The molecule has 0 unspecified atom stereocenters. The fraction of sp³-hybridized carbons (Fsp3) is 0.250. The van der Waals surface area contributed by atoms with Crippen molar-refractivity contribution in [1.82, 2.24) is 5.01 Å². The number of hydrogen-bond acceptors (Lipinski definition) is 3. The summed E-state index contributed by atoms with van der Waals surface area (Å²) in [7, 11) is 1.55. The van der Waals surface area contributed by atoms with E-state index in [0.29, 0.717) is 24.2 Å². The molecule has 0 fully saturated rings. The highest BCUT2D eigenvalue weighted by Crippen LogP contribution is 2.26. The molecule has 1 heterocycles. The second-order valence-corrected chi connectivity index (χ2v) is 5.81. The van der Waals surface area contributed by atoms with Crippen LogP contribution in [0.5, 0.6) is 0 Å². The monoisotopic (exact) mass is 387 g/mol. The van der Waals surface area contributed by atoms with Crippen LogP contribution in [-0.4, -0.2) is 29.6 Å². The summed E-state index contributed by atoms with van der Waals surface area (Å²) in [4.78, 5) is 23.3. The number of carbonyl (C=O) groups excluding carboxylic acids is 2. The molecule has 0 radical (unpaired) electrons. The van der Waals surface area contributed by atoms with Gasteiger partial charge in [0.1, 0.15) is 5.71 Å². The van der Waals surface area contributed by atoms with E-state index in [0.717, 1.165) is 8.95 Å². The van der Waals surface area contributed by atoms with Gasteiger partial charge in [0.2, 0.25) is 5.91 Å². The van der Waals surface area contributed by atoms with Gasteiger partial charge in [-0.1, -0.05) is 15.9 Å². The van der Waals surface area contributed by atoms with E-state index in [1.54, 1.807) is 13.1 Å². The average molecular weight is 389 g/mol. The van der Waals surface area contributed by atoms with Gasteiger partial charge in [-0.25, -0.2) is 5.01 Å². The summed E-state index contributed by atoms with van der Waals surface area (Å²) in [6, 6.07) is 5.46. The van der Waals surface area contributed by atoms with E-state index in [4.69, 9.17) is 0 Å². The van der Waals surface area contributed by atoms with Gasteiger partial charge in [-0.2, -0.15) is 5.10 Å². The Morgan fingerprint density at radius 3 is 2.74 bits per heavy atom. The van der Waals surface area contributed by atoms with Crippen molar-refractivity contribution in [3.63, 3.8) is 0 Å². The Hall–Kier alpha value is -1.21. The molecule has 2 amide bonds. The molecule has 100 valence electrons. The van der Waals surface area contributed by atoms with Crippen LogP contribution in [0.4, 0.5) is 5.69 Å². The van der Waals surface area contributed by atoms with E-state index >= 15 is 0 Å². The van der Waals surface area contributed by atoms with Crippen LogP contribution in [0.15, 0.2) is 32.2 Å². The quantitative estimate of drug-likeness (QED) is 0.846. The zero-order chi connectivity index (χ0) is 14.0. The summed E-state index contributed by atoms with van der Waals surface area (Å²) in [6.07, 6.45) is 0.674. The lowest BCUT2D eigenvalue weighted by atomic mass is 10.1. The van der Waals surface area contributed by atoms with Crippen molar-refractivity contribution in [2.24, 2.45) is 5.10 Å². The number of anilines is 1. The minimum absolute atomic E-state index is 0.0821. The van der Waals surface area contributed by atoms with Crippen molar-refractivity contribution >= 4 is 55.1 Å². The SMILES string of the molecule is CN1N=C(C(=O)Nc2ccc(Br)cc2Br)CCC1=O. The summed E-state index contributed by atoms with van der Waals surface area (Å²) in [5.41, 5.74) is 1.02. The Kier molecular flexibility index (Phi) is 4.36. The van der Waals surface area contributed by atoms with Crippen LogP contribution in [0.3, 0.4) is 0 Å². The molecule has 19 heavy (non-hydrogen) atoms. The Morgan fingerprint density at radius 2 is 2.11 bits per heavy atom. The summed E-state index contributed by atoms with van der Waals surface area (Å²) < 4.78 is 1.69. The molecule has 0 spiro atoms. The van der Waals surface area contributed by atoms with E-state index in [-0.39, 0.29) is 11.8 Å². The molecule has 1 aliphatic heterocycles. The lowest BCUT2D eigenvalue weighted by molar-refractivity contribution is -0.130. The minimum Gasteiger partial charge on any atom is -0.320 e. The van der Waals surface area contributed by atoms with Gasteiger partial charge in [0.25, 0.3) is 5.91 Å². The molecule has 0 aliphatic carbocycles. The van der Waals surface area contributed by atoms with Crippen LogP contribution in [0.1, 0.15) is 12.8 Å². The maximum Gasteiger partial charge on any atom is 0.271 e. The Bertz CT molecular complexity index is 572. The molecule has 0 aromatic heterocycles. The van der Waals surface area contributed by atoms with Crippen molar-refractivity contribution in [3.05, 3.63) is 27.1 Å². The third-order valence-corrected chi connectivity index (χ3v) is 3.80. The van der Waals surface area contributed by atoms with Crippen molar-refractivity contribution in [2.75, 3.05) is 12.4 Å². The van der Waals surface area contributed by atoms with Crippen molar-refractivity contribution in [1.29, 1.82) is 0 Å². The molecule has 1 N–H and O–H groups in total. The molecule has 0 bridgehead atoms. The summed E-state index contributed by atoms with van der Waals surface area (Å²) >= 11 is 6.71.